The van der Waals surface area contributed by atoms with Gasteiger partial charge in [-0.15, -0.1) is 0 Å². The van der Waals surface area contributed by atoms with Gasteiger partial charge < -0.3 is 9.84 Å². The van der Waals surface area contributed by atoms with Crippen molar-refractivity contribution in [2.75, 3.05) is 17.6 Å². The molecule has 0 saturated carbocycles. The third-order valence-corrected chi connectivity index (χ3v) is 5.81. The van der Waals surface area contributed by atoms with E-state index in [0.29, 0.717) is 17.9 Å². The first kappa shape index (κ1) is 21.1. The summed E-state index contributed by atoms with van der Waals surface area (Å²) in [5.74, 6) is 0.593. The van der Waals surface area contributed by atoms with Gasteiger partial charge >= 0.3 is 0 Å². The van der Waals surface area contributed by atoms with Crippen LogP contribution in [0.4, 0.5) is 5.13 Å². The van der Waals surface area contributed by atoms with Crippen LogP contribution >= 0.6 is 11.3 Å². The Labute approximate surface area is 174 Å². The summed E-state index contributed by atoms with van der Waals surface area (Å²) in [6.07, 6.45) is 5.10. The minimum atomic E-state index is -3.43. The molecule has 9 heteroatoms. The second kappa shape index (κ2) is 9.23. The average Bonchev–Trinajstić information content (AvgIpc) is 3.00. The maximum absolute atomic E-state index is 11.3. The van der Waals surface area contributed by atoms with E-state index in [2.05, 4.69) is 27.7 Å². The van der Waals surface area contributed by atoms with E-state index in [9.17, 15) is 13.5 Å². The molecular weight excluding hydrogens is 410 g/mol. The van der Waals surface area contributed by atoms with Crippen molar-refractivity contribution in [3.8, 4) is 11.6 Å². The molecule has 2 aromatic heterocycles. The number of nitrogens with zero attached hydrogens (tertiary/aromatic N) is 2. The molecule has 3 rings (SSSR count). The van der Waals surface area contributed by atoms with E-state index in [1.165, 1.54) is 5.56 Å². The first-order valence-electron chi connectivity index (χ1n) is 9.14. The topological polar surface area (TPSA) is 101 Å². The number of benzene rings is 1. The third kappa shape index (κ3) is 6.43. The van der Waals surface area contributed by atoms with Crippen LogP contribution in [0.25, 0.3) is 0 Å². The Bertz CT molecular complexity index is 1050. The normalized spacial score (nSPS) is 11.4. The van der Waals surface area contributed by atoms with Crippen LogP contribution in [0, 0.1) is 0 Å². The van der Waals surface area contributed by atoms with Crippen LogP contribution in [0.1, 0.15) is 28.6 Å². The molecule has 0 radical (unpaired) electrons. The van der Waals surface area contributed by atoms with Gasteiger partial charge in [0.15, 0.2) is 5.13 Å². The summed E-state index contributed by atoms with van der Waals surface area (Å²) >= 11 is 1.11. The summed E-state index contributed by atoms with van der Waals surface area (Å²) < 4.78 is 30.6. The molecule has 7 nitrogen and oxygen atoms in total. The van der Waals surface area contributed by atoms with Gasteiger partial charge in [-0.25, -0.2) is 8.42 Å². The standard InChI is InChI=1S/C20H23N3O4S2/c1-3-14-4-7-16(21-13-14)10-11-27-17-8-5-15(6-9-17)12-18-19(24)22-20(28-18)23-29(2,25)26/h4-9,13,24H,3,10-12H2,1-2H3,(H,22,23). The second-order valence-electron chi connectivity index (χ2n) is 6.57. The molecule has 0 unspecified atom stereocenters. The van der Waals surface area contributed by atoms with Crippen molar-refractivity contribution in [3.63, 3.8) is 0 Å². The Kier molecular flexibility index (Phi) is 6.71. The molecule has 1 aromatic carbocycles. The second-order valence-corrected chi connectivity index (χ2v) is 9.40. The number of thiazole rings is 1. The van der Waals surface area contributed by atoms with Crippen molar-refractivity contribution in [1.29, 1.82) is 0 Å². The SMILES string of the molecule is CCc1ccc(CCOc2ccc(Cc3sc(NS(C)(=O)=O)nc3O)cc2)nc1. The Morgan fingerprint density at radius 2 is 1.86 bits per heavy atom. The number of aromatic nitrogens is 2. The molecule has 29 heavy (non-hydrogen) atoms. The summed E-state index contributed by atoms with van der Waals surface area (Å²) in [4.78, 5) is 8.86. The van der Waals surface area contributed by atoms with Crippen LogP contribution < -0.4 is 9.46 Å². The molecule has 3 aromatic rings. The van der Waals surface area contributed by atoms with Gasteiger partial charge in [-0.1, -0.05) is 36.5 Å². The number of ether oxygens (including phenoxy) is 1. The van der Waals surface area contributed by atoms with Gasteiger partial charge in [-0.3, -0.25) is 9.71 Å². The largest absolute Gasteiger partial charge is 0.493 e. The van der Waals surface area contributed by atoms with Crippen molar-refractivity contribution >= 4 is 26.5 Å². The highest BCUT2D eigenvalue weighted by Gasteiger charge is 2.13. The van der Waals surface area contributed by atoms with E-state index >= 15 is 0 Å². The number of rotatable bonds is 9. The number of hydrogen-bond acceptors (Lipinski definition) is 7. The Morgan fingerprint density at radius 1 is 1.14 bits per heavy atom. The number of nitrogens with one attached hydrogen (secondary N) is 1. The summed E-state index contributed by atoms with van der Waals surface area (Å²) in [6, 6.07) is 11.7. The molecule has 2 heterocycles. The van der Waals surface area contributed by atoms with Gasteiger partial charge in [0, 0.05) is 24.7 Å². The minimum Gasteiger partial charge on any atom is -0.493 e. The maximum atomic E-state index is 11.3. The van der Waals surface area contributed by atoms with Gasteiger partial charge in [0.1, 0.15) is 5.75 Å². The molecule has 154 valence electrons. The Balaban J connectivity index is 1.53. The molecule has 0 fully saturated rings. The average molecular weight is 434 g/mol. The fourth-order valence-corrected chi connectivity index (χ4v) is 4.36. The van der Waals surface area contributed by atoms with Crippen molar-refractivity contribution in [1.82, 2.24) is 9.97 Å². The zero-order valence-electron chi connectivity index (χ0n) is 16.3. The molecule has 0 aliphatic carbocycles. The summed E-state index contributed by atoms with van der Waals surface area (Å²) in [6.45, 7) is 2.64. The summed E-state index contributed by atoms with van der Waals surface area (Å²) in [5.41, 5.74) is 3.17. The lowest BCUT2D eigenvalue weighted by Crippen LogP contribution is -2.08. The molecule has 0 aliphatic heterocycles. The number of hydrogen-bond donors (Lipinski definition) is 2. The highest BCUT2D eigenvalue weighted by atomic mass is 32.2. The molecule has 2 N–H and O–H groups in total. The van der Waals surface area contributed by atoms with E-state index in [1.54, 1.807) is 0 Å². The Hall–Kier alpha value is -2.65. The van der Waals surface area contributed by atoms with Gasteiger partial charge in [0.2, 0.25) is 15.9 Å². The molecule has 0 aliphatic rings. The lowest BCUT2D eigenvalue weighted by Gasteiger charge is -2.07. The van der Waals surface area contributed by atoms with Crippen LogP contribution in [0.3, 0.4) is 0 Å². The predicted molar refractivity (Wildman–Crippen MR) is 114 cm³/mol. The first-order valence-corrected chi connectivity index (χ1v) is 11.8. The Morgan fingerprint density at radius 3 is 2.48 bits per heavy atom. The molecule has 0 atom stereocenters. The van der Waals surface area contributed by atoms with Gasteiger partial charge in [0.05, 0.1) is 17.7 Å². The molecule has 0 spiro atoms. The zero-order valence-corrected chi connectivity index (χ0v) is 17.9. The van der Waals surface area contributed by atoms with E-state index in [1.807, 2.05) is 36.5 Å². The van der Waals surface area contributed by atoms with E-state index in [0.717, 1.165) is 47.4 Å². The lowest BCUT2D eigenvalue weighted by atomic mass is 10.1. The van der Waals surface area contributed by atoms with Gasteiger partial charge in [-0.2, -0.15) is 4.98 Å². The van der Waals surface area contributed by atoms with E-state index in [-0.39, 0.29) is 11.0 Å². The highest BCUT2D eigenvalue weighted by Crippen LogP contribution is 2.31. The maximum Gasteiger partial charge on any atom is 0.231 e. The quantitative estimate of drug-likeness (QED) is 0.536. The van der Waals surface area contributed by atoms with Crippen molar-refractivity contribution < 1.29 is 18.3 Å². The zero-order chi connectivity index (χ0) is 20.9. The van der Waals surface area contributed by atoms with E-state index < -0.39 is 10.0 Å². The lowest BCUT2D eigenvalue weighted by molar-refractivity contribution is 0.320. The summed E-state index contributed by atoms with van der Waals surface area (Å²) in [7, 11) is -3.43. The number of anilines is 1. The fourth-order valence-electron chi connectivity index (χ4n) is 2.64. The minimum absolute atomic E-state index is 0.153. The smallest absolute Gasteiger partial charge is 0.231 e. The van der Waals surface area contributed by atoms with Gasteiger partial charge in [0.25, 0.3) is 0 Å². The molecule has 0 saturated heterocycles. The number of aryl methyl sites for hydroxylation is 1. The monoisotopic (exact) mass is 433 g/mol. The molecule has 0 bridgehead atoms. The van der Waals surface area contributed by atoms with Crippen molar-refractivity contribution in [3.05, 3.63) is 64.3 Å². The van der Waals surface area contributed by atoms with Crippen molar-refractivity contribution in [2.45, 2.75) is 26.2 Å². The van der Waals surface area contributed by atoms with Crippen LogP contribution in [-0.2, 0) is 29.3 Å². The highest BCUT2D eigenvalue weighted by molar-refractivity contribution is 7.92. The van der Waals surface area contributed by atoms with Crippen LogP contribution in [0.5, 0.6) is 11.6 Å². The fraction of sp³-hybridized carbons (Fsp3) is 0.300. The molecular formula is C20H23N3O4S2. The third-order valence-electron chi connectivity index (χ3n) is 4.16. The van der Waals surface area contributed by atoms with E-state index in [4.69, 9.17) is 4.74 Å². The van der Waals surface area contributed by atoms with Gasteiger partial charge in [-0.05, 0) is 35.7 Å². The molecule has 0 amide bonds. The van der Waals surface area contributed by atoms with Crippen LogP contribution in [0.2, 0.25) is 0 Å². The summed E-state index contributed by atoms with van der Waals surface area (Å²) in [5, 5.41) is 10.1. The number of sulfonamides is 1. The van der Waals surface area contributed by atoms with Crippen molar-refractivity contribution in [2.24, 2.45) is 0 Å². The van der Waals surface area contributed by atoms with Crippen LogP contribution in [0.15, 0.2) is 42.6 Å². The number of aromatic hydroxyl groups is 1. The first-order chi connectivity index (χ1) is 13.8. The van der Waals surface area contributed by atoms with Crippen LogP contribution in [-0.4, -0.2) is 36.4 Å². The predicted octanol–water partition coefficient (Wildman–Crippen LogP) is 3.39. The number of pyridine rings is 1.